The van der Waals surface area contributed by atoms with Crippen LogP contribution in [0.4, 0.5) is 0 Å². The first kappa shape index (κ1) is 16.8. The van der Waals surface area contributed by atoms with Crippen LogP contribution < -0.4 is 10.2 Å². The Labute approximate surface area is 146 Å². The van der Waals surface area contributed by atoms with Crippen LogP contribution in [0.5, 0.6) is 11.8 Å². The molecule has 0 unspecified atom stereocenters. The Hall–Kier alpha value is -2.52. The van der Waals surface area contributed by atoms with E-state index in [2.05, 4.69) is 9.97 Å². The van der Waals surface area contributed by atoms with Crippen molar-refractivity contribution >= 4 is 21.8 Å². The van der Waals surface area contributed by atoms with Crippen LogP contribution >= 0.6 is 0 Å². The summed E-state index contributed by atoms with van der Waals surface area (Å²) in [7, 11) is 0. The van der Waals surface area contributed by atoms with Gasteiger partial charge in [-0.15, -0.1) is 0 Å². The van der Waals surface area contributed by atoms with Gasteiger partial charge in [-0.3, -0.25) is 9.97 Å². The molecule has 0 N–H and O–H groups in total. The molecule has 4 nitrogen and oxygen atoms in total. The molecule has 0 saturated carbocycles. The molecule has 0 radical (unpaired) electrons. The zero-order valence-corrected chi connectivity index (χ0v) is 15.3. The summed E-state index contributed by atoms with van der Waals surface area (Å²) in [5, 5.41) is 23.6. The predicted molar refractivity (Wildman–Crippen MR) is 82.4 cm³/mol. The minimum Gasteiger partial charge on any atom is -0.859 e. The first-order valence-corrected chi connectivity index (χ1v) is 6.78. The smallest absolute Gasteiger partial charge is 0.859 e. The van der Waals surface area contributed by atoms with E-state index < -0.39 is 0 Å². The van der Waals surface area contributed by atoms with Gasteiger partial charge in [0.05, 0.1) is 11.0 Å². The van der Waals surface area contributed by atoms with Crippen LogP contribution in [-0.2, 0) is 19.5 Å². The largest absolute Gasteiger partial charge is 2.00 e. The molecule has 108 valence electrons. The maximum atomic E-state index is 10.8. The van der Waals surface area contributed by atoms with E-state index in [0.29, 0.717) is 0 Å². The Balaban J connectivity index is 0.000000160. The Morgan fingerprint density at radius 1 is 0.522 bits per heavy atom. The molecule has 4 rings (SSSR count). The van der Waals surface area contributed by atoms with Crippen molar-refractivity contribution in [3.05, 3.63) is 72.8 Å². The van der Waals surface area contributed by atoms with Crippen molar-refractivity contribution in [1.82, 2.24) is 9.97 Å². The van der Waals surface area contributed by atoms with Gasteiger partial charge < -0.3 is 10.2 Å². The van der Waals surface area contributed by atoms with E-state index in [4.69, 9.17) is 0 Å². The van der Waals surface area contributed by atoms with E-state index in [1.807, 2.05) is 48.5 Å². The van der Waals surface area contributed by atoms with E-state index in [1.165, 1.54) is 12.1 Å². The molecule has 4 aromatic rings. The normalized spacial score (nSPS) is 9.74. The van der Waals surface area contributed by atoms with Crippen molar-refractivity contribution in [2.45, 2.75) is 0 Å². The summed E-state index contributed by atoms with van der Waals surface area (Å²) >= 11 is 0. The third-order valence-electron chi connectivity index (χ3n) is 3.15. The Bertz CT molecular complexity index is 851. The number of pyridine rings is 2. The van der Waals surface area contributed by atoms with Crippen molar-refractivity contribution in [3.8, 4) is 11.8 Å². The fourth-order valence-electron chi connectivity index (χ4n) is 2.09. The van der Waals surface area contributed by atoms with Gasteiger partial charge in [-0.1, -0.05) is 60.7 Å². The Morgan fingerprint density at radius 2 is 0.913 bits per heavy atom. The Kier molecular flexibility index (Phi) is 5.61. The molecule has 2 aromatic carbocycles. The predicted octanol–water partition coefficient (Wildman–Crippen LogP) is 2.61. The molecular formula is C18H12N2O2Zn. The minimum absolute atomic E-state index is 0. The standard InChI is InChI=1S/2C9H7NO.Zn/c2*11-9-6-5-7-3-1-2-4-8(7)10-9;/h2*1-6H,(H,10,11);/q;;+2/p-2. The summed E-state index contributed by atoms with van der Waals surface area (Å²) in [6.07, 6.45) is 0. The van der Waals surface area contributed by atoms with Gasteiger partial charge in [0, 0.05) is 10.8 Å². The van der Waals surface area contributed by atoms with Crippen LogP contribution in [0, 0.1) is 0 Å². The third-order valence-corrected chi connectivity index (χ3v) is 3.15. The van der Waals surface area contributed by atoms with Crippen molar-refractivity contribution in [1.29, 1.82) is 0 Å². The number of benzene rings is 2. The second-order valence-corrected chi connectivity index (χ2v) is 4.68. The molecule has 2 heterocycles. The summed E-state index contributed by atoms with van der Waals surface area (Å²) in [5.41, 5.74) is 1.53. The summed E-state index contributed by atoms with van der Waals surface area (Å²) in [4.78, 5) is 7.64. The summed E-state index contributed by atoms with van der Waals surface area (Å²) in [6.45, 7) is 0. The number of fused-ring (bicyclic) bond motifs is 2. The zero-order valence-electron chi connectivity index (χ0n) is 12.3. The van der Waals surface area contributed by atoms with Crippen LogP contribution in [0.1, 0.15) is 0 Å². The molecule has 5 heteroatoms. The maximum absolute atomic E-state index is 10.8. The minimum atomic E-state index is -0.177. The van der Waals surface area contributed by atoms with Gasteiger partial charge in [0.25, 0.3) is 0 Å². The van der Waals surface area contributed by atoms with Crippen LogP contribution in [0.3, 0.4) is 0 Å². The van der Waals surface area contributed by atoms with Gasteiger partial charge in [-0.2, -0.15) is 0 Å². The maximum Gasteiger partial charge on any atom is 2.00 e. The van der Waals surface area contributed by atoms with Gasteiger partial charge in [0.1, 0.15) is 0 Å². The van der Waals surface area contributed by atoms with Gasteiger partial charge in [-0.25, -0.2) is 0 Å². The zero-order chi connectivity index (χ0) is 15.4. The van der Waals surface area contributed by atoms with Crippen molar-refractivity contribution < 1.29 is 29.7 Å². The SMILES string of the molecule is [O-]c1ccc2ccccc2n1.[O-]c1ccc2ccccc2n1.[Zn+2]. The average Bonchev–Trinajstić information content (AvgIpc) is 2.55. The number of para-hydroxylation sites is 2. The summed E-state index contributed by atoms with van der Waals surface area (Å²) in [6, 6.07) is 21.6. The Morgan fingerprint density at radius 3 is 1.35 bits per heavy atom. The molecule has 0 spiro atoms. The van der Waals surface area contributed by atoms with Crippen molar-refractivity contribution in [3.63, 3.8) is 0 Å². The fraction of sp³-hybridized carbons (Fsp3) is 0. The second-order valence-electron chi connectivity index (χ2n) is 4.68. The topological polar surface area (TPSA) is 71.9 Å². The van der Waals surface area contributed by atoms with Crippen molar-refractivity contribution in [2.75, 3.05) is 0 Å². The molecule has 0 fully saturated rings. The van der Waals surface area contributed by atoms with Crippen LogP contribution in [0.2, 0.25) is 0 Å². The van der Waals surface area contributed by atoms with E-state index in [9.17, 15) is 10.2 Å². The van der Waals surface area contributed by atoms with E-state index in [1.54, 1.807) is 12.1 Å². The van der Waals surface area contributed by atoms with Crippen LogP contribution in [-0.4, -0.2) is 9.97 Å². The first-order valence-electron chi connectivity index (χ1n) is 6.78. The molecule has 0 aliphatic heterocycles. The molecular weight excluding hydrogens is 342 g/mol. The number of aromatic nitrogens is 2. The van der Waals surface area contributed by atoms with Crippen LogP contribution in [0.25, 0.3) is 21.8 Å². The number of nitrogens with zero attached hydrogens (tertiary/aromatic N) is 2. The summed E-state index contributed by atoms with van der Waals surface area (Å²) in [5.74, 6) is -0.354. The van der Waals surface area contributed by atoms with E-state index in [0.717, 1.165) is 21.8 Å². The molecule has 2 aromatic heterocycles. The summed E-state index contributed by atoms with van der Waals surface area (Å²) < 4.78 is 0. The van der Waals surface area contributed by atoms with Gasteiger partial charge in [0.2, 0.25) is 0 Å². The van der Waals surface area contributed by atoms with Crippen molar-refractivity contribution in [2.24, 2.45) is 0 Å². The van der Waals surface area contributed by atoms with Crippen LogP contribution in [0.15, 0.2) is 72.8 Å². The molecule has 0 saturated heterocycles. The number of hydrogen-bond donors (Lipinski definition) is 0. The number of hydrogen-bond acceptors (Lipinski definition) is 4. The van der Waals surface area contributed by atoms with Gasteiger partial charge in [-0.05, 0) is 23.9 Å². The first-order chi connectivity index (χ1) is 10.7. The third kappa shape index (κ3) is 4.24. The molecule has 0 amide bonds. The van der Waals surface area contributed by atoms with E-state index >= 15 is 0 Å². The monoisotopic (exact) mass is 352 g/mol. The molecule has 23 heavy (non-hydrogen) atoms. The quantitative estimate of drug-likeness (QED) is 0.456. The average molecular weight is 354 g/mol. The number of rotatable bonds is 0. The molecule has 0 aliphatic carbocycles. The molecule has 0 atom stereocenters. The fourth-order valence-corrected chi connectivity index (χ4v) is 2.09. The molecule has 0 aliphatic rings. The van der Waals surface area contributed by atoms with Gasteiger partial charge >= 0.3 is 19.5 Å². The second kappa shape index (κ2) is 7.66. The van der Waals surface area contributed by atoms with Gasteiger partial charge in [0.15, 0.2) is 0 Å². The van der Waals surface area contributed by atoms with E-state index in [-0.39, 0.29) is 31.2 Å². The molecule has 0 bridgehead atoms.